The Bertz CT molecular complexity index is 218. The number of unbranched alkanes of at least 4 members (excludes halogenated alkanes) is 1. The zero-order valence-corrected chi connectivity index (χ0v) is 9.32. The highest BCUT2D eigenvalue weighted by molar-refractivity contribution is 5.40. The van der Waals surface area contributed by atoms with Crippen molar-refractivity contribution in [3.8, 4) is 0 Å². The summed E-state index contributed by atoms with van der Waals surface area (Å²) >= 11 is 0. The van der Waals surface area contributed by atoms with Crippen molar-refractivity contribution in [3.05, 3.63) is 22.8 Å². The van der Waals surface area contributed by atoms with Crippen LogP contribution in [0.1, 0.15) is 59.3 Å². The molecule has 0 N–H and O–H groups in total. The smallest absolute Gasteiger partial charge is 0.0127 e. The molecule has 0 aromatic rings. The van der Waals surface area contributed by atoms with Crippen LogP contribution < -0.4 is 0 Å². The van der Waals surface area contributed by atoms with E-state index in [2.05, 4.69) is 26.8 Å². The molecule has 0 nitrogen and oxygen atoms in total. The van der Waals surface area contributed by atoms with E-state index in [1.54, 1.807) is 16.7 Å². The summed E-state index contributed by atoms with van der Waals surface area (Å²) in [7, 11) is 0. The summed E-state index contributed by atoms with van der Waals surface area (Å²) < 4.78 is 0. The zero-order chi connectivity index (χ0) is 9.68. The molecule has 0 heterocycles. The third-order valence-electron chi connectivity index (χ3n) is 2.96. The number of hydrogen-bond donors (Lipinski definition) is 0. The van der Waals surface area contributed by atoms with Crippen molar-refractivity contribution < 1.29 is 0 Å². The summed E-state index contributed by atoms with van der Waals surface area (Å²) in [5.74, 6) is 0. The first-order valence-corrected chi connectivity index (χ1v) is 5.67. The van der Waals surface area contributed by atoms with Gasteiger partial charge < -0.3 is 0 Å². The molecular weight excluding hydrogens is 156 g/mol. The summed E-state index contributed by atoms with van der Waals surface area (Å²) in [4.78, 5) is 0. The summed E-state index contributed by atoms with van der Waals surface area (Å²) in [6.07, 6.45) is 10.2. The van der Waals surface area contributed by atoms with Crippen LogP contribution in [-0.2, 0) is 0 Å². The first-order valence-electron chi connectivity index (χ1n) is 5.67. The van der Waals surface area contributed by atoms with E-state index in [1.807, 2.05) is 0 Å². The Labute approximate surface area is 82.7 Å². The molecule has 0 saturated heterocycles. The fourth-order valence-electron chi connectivity index (χ4n) is 2.02. The van der Waals surface area contributed by atoms with Crippen molar-refractivity contribution in [2.24, 2.45) is 0 Å². The van der Waals surface area contributed by atoms with Gasteiger partial charge in [-0.25, -0.2) is 0 Å². The highest BCUT2D eigenvalue weighted by atomic mass is 14.2. The minimum absolute atomic E-state index is 1.24. The van der Waals surface area contributed by atoms with Crippen LogP contribution >= 0.6 is 0 Å². The van der Waals surface area contributed by atoms with E-state index in [0.29, 0.717) is 0 Å². The molecule has 0 atom stereocenters. The molecule has 74 valence electrons. The monoisotopic (exact) mass is 178 g/mol. The average molecular weight is 178 g/mol. The van der Waals surface area contributed by atoms with Crippen LogP contribution in [0.4, 0.5) is 0 Å². The molecule has 0 fully saturated rings. The van der Waals surface area contributed by atoms with Crippen molar-refractivity contribution in [1.82, 2.24) is 0 Å². The van der Waals surface area contributed by atoms with Crippen LogP contribution in [0.3, 0.4) is 0 Å². The molecule has 13 heavy (non-hydrogen) atoms. The fourth-order valence-corrected chi connectivity index (χ4v) is 2.02. The minimum atomic E-state index is 1.24. The van der Waals surface area contributed by atoms with Crippen molar-refractivity contribution >= 4 is 0 Å². The van der Waals surface area contributed by atoms with Gasteiger partial charge in [0.05, 0.1) is 0 Å². The minimum Gasteiger partial charge on any atom is -0.0770 e. The van der Waals surface area contributed by atoms with Crippen LogP contribution in [0.5, 0.6) is 0 Å². The summed E-state index contributed by atoms with van der Waals surface area (Å²) in [6, 6.07) is 0. The lowest BCUT2D eigenvalue weighted by Gasteiger charge is -2.05. The van der Waals surface area contributed by atoms with Gasteiger partial charge in [-0.2, -0.15) is 0 Å². The van der Waals surface area contributed by atoms with Crippen molar-refractivity contribution in [2.45, 2.75) is 59.3 Å². The maximum atomic E-state index is 2.43. The first-order chi connectivity index (χ1) is 6.29. The van der Waals surface area contributed by atoms with E-state index >= 15 is 0 Å². The first kappa shape index (κ1) is 10.6. The molecule has 1 rings (SSSR count). The van der Waals surface area contributed by atoms with Crippen LogP contribution in [0.2, 0.25) is 0 Å². The van der Waals surface area contributed by atoms with Gasteiger partial charge in [0, 0.05) is 0 Å². The quantitative estimate of drug-likeness (QED) is 0.576. The molecule has 0 aromatic carbocycles. The second-order valence-corrected chi connectivity index (χ2v) is 4.02. The van der Waals surface area contributed by atoms with E-state index in [4.69, 9.17) is 0 Å². The second-order valence-electron chi connectivity index (χ2n) is 4.02. The SMILES string of the molecule is CCCCC1=C(C)C(CCC)=CC1. The molecule has 1 aliphatic carbocycles. The molecule has 1 aliphatic rings. The van der Waals surface area contributed by atoms with Gasteiger partial charge in [-0.05, 0) is 43.8 Å². The molecular formula is C13H22. The summed E-state index contributed by atoms with van der Waals surface area (Å²) in [5, 5.41) is 0. The molecule has 0 heteroatoms. The van der Waals surface area contributed by atoms with E-state index in [9.17, 15) is 0 Å². The number of hydrogen-bond acceptors (Lipinski definition) is 0. The molecule has 0 aliphatic heterocycles. The molecule has 0 amide bonds. The van der Waals surface area contributed by atoms with Gasteiger partial charge in [0.25, 0.3) is 0 Å². The zero-order valence-electron chi connectivity index (χ0n) is 9.32. The van der Waals surface area contributed by atoms with Gasteiger partial charge in [-0.3, -0.25) is 0 Å². The van der Waals surface area contributed by atoms with Gasteiger partial charge in [0.2, 0.25) is 0 Å². The molecule has 0 bridgehead atoms. The lowest BCUT2D eigenvalue weighted by atomic mass is 10.0. The standard InChI is InChI=1S/C13H22/c1-4-6-8-13-10-9-12(7-5-2)11(13)3/h9H,4-8,10H2,1-3H3. The van der Waals surface area contributed by atoms with Crippen molar-refractivity contribution in [1.29, 1.82) is 0 Å². The number of rotatable bonds is 5. The van der Waals surface area contributed by atoms with Gasteiger partial charge in [-0.1, -0.05) is 38.3 Å². The Balaban J connectivity index is 2.50. The maximum absolute atomic E-state index is 2.43. The van der Waals surface area contributed by atoms with E-state index in [-0.39, 0.29) is 0 Å². The third kappa shape index (κ3) is 2.72. The normalized spacial score (nSPS) is 16.7. The molecule has 0 spiro atoms. The largest absolute Gasteiger partial charge is 0.0770 e. The average Bonchev–Trinajstić information content (AvgIpc) is 2.46. The molecule has 0 aromatic heterocycles. The number of allylic oxidation sites excluding steroid dienone is 4. The molecule has 0 unspecified atom stereocenters. The van der Waals surface area contributed by atoms with Crippen LogP contribution in [0.15, 0.2) is 22.8 Å². The Morgan fingerprint density at radius 3 is 2.54 bits per heavy atom. The summed E-state index contributed by atoms with van der Waals surface area (Å²) in [6.45, 7) is 6.84. The van der Waals surface area contributed by atoms with E-state index in [1.165, 1.54) is 38.5 Å². The Kier molecular flexibility index (Phi) is 4.27. The van der Waals surface area contributed by atoms with Gasteiger partial charge in [0.1, 0.15) is 0 Å². The third-order valence-corrected chi connectivity index (χ3v) is 2.96. The molecule has 0 saturated carbocycles. The van der Waals surface area contributed by atoms with Gasteiger partial charge in [-0.15, -0.1) is 0 Å². The Hall–Kier alpha value is -0.520. The predicted molar refractivity (Wildman–Crippen MR) is 59.8 cm³/mol. The topological polar surface area (TPSA) is 0 Å². The van der Waals surface area contributed by atoms with Gasteiger partial charge in [0.15, 0.2) is 0 Å². The second kappa shape index (κ2) is 5.26. The van der Waals surface area contributed by atoms with Crippen LogP contribution in [0.25, 0.3) is 0 Å². The fraction of sp³-hybridized carbons (Fsp3) is 0.692. The lowest BCUT2D eigenvalue weighted by Crippen LogP contribution is -1.85. The highest BCUT2D eigenvalue weighted by Gasteiger charge is 2.11. The van der Waals surface area contributed by atoms with Crippen LogP contribution in [-0.4, -0.2) is 0 Å². The predicted octanol–water partition coefficient (Wildman–Crippen LogP) is 4.62. The Morgan fingerprint density at radius 1 is 1.15 bits per heavy atom. The highest BCUT2D eigenvalue weighted by Crippen LogP contribution is 2.31. The summed E-state index contributed by atoms with van der Waals surface area (Å²) in [5.41, 5.74) is 4.93. The van der Waals surface area contributed by atoms with E-state index < -0.39 is 0 Å². The lowest BCUT2D eigenvalue weighted by molar-refractivity contribution is 0.774. The molecule has 0 radical (unpaired) electrons. The van der Waals surface area contributed by atoms with Gasteiger partial charge >= 0.3 is 0 Å². The van der Waals surface area contributed by atoms with E-state index in [0.717, 1.165) is 0 Å². The van der Waals surface area contributed by atoms with Crippen LogP contribution in [0, 0.1) is 0 Å². The van der Waals surface area contributed by atoms with Crippen molar-refractivity contribution in [3.63, 3.8) is 0 Å². The van der Waals surface area contributed by atoms with Crippen molar-refractivity contribution in [2.75, 3.05) is 0 Å². The Morgan fingerprint density at radius 2 is 1.92 bits per heavy atom. The maximum Gasteiger partial charge on any atom is -0.0127 e.